The molecule has 3 heterocycles. The average Bonchev–Trinajstić information content (AvgIpc) is 3.25. The SMILES string of the molecule is COc1ccccc1N1CCCC(NC(=O)CCC(=O)N2CCc3sccc3C2)C1. The molecule has 7 heteroatoms. The first-order valence-corrected chi connectivity index (χ1v) is 11.5. The fourth-order valence-corrected chi connectivity index (χ4v) is 5.23. The molecule has 1 saturated heterocycles. The first-order valence-electron chi connectivity index (χ1n) is 10.6. The van der Waals surface area contributed by atoms with Gasteiger partial charge in [-0.25, -0.2) is 0 Å². The Balaban J connectivity index is 1.25. The Kier molecular flexibility index (Phi) is 6.57. The molecule has 1 atom stereocenters. The fourth-order valence-electron chi connectivity index (χ4n) is 4.34. The van der Waals surface area contributed by atoms with Crippen molar-refractivity contribution in [1.82, 2.24) is 10.2 Å². The van der Waals surface area contributed by atoms with Crippen molar-refractivity contribution in [3.8, 4) is 5.75 Å². The molecule has 2 aliphatic rings. The first kappa shape index (κ1) is 20.7. The molecule has 160 valence electrons. The van der Waals surface area contributed by atoms with Crippen LogP contribution in [0.25, 0.3) is 0 Å². The molecule has 2 amide bonds. The van der Waals surface area contributed by atoms with Gasteiger partial charge in [0.15, 0.2) is 0 Å². The van der Waals surface area contributed by atoms with Crippen LogP contribution in [0.2, 0.25) is 0 Å². The van der Waals surface area contributed by atoms with E-state index in [4.69, 9.17) is 4.74 Å². The second-order valence-corrected chi connectivity index (χ2v) is 8.96. The van der Waals surface area contributed by atoms with Crippen LogP contribution in [0.15, 0.2) is 35.7 Å². The van der Waals surface area contributed by atoms with Crippen LogP contribution in [0.4, 0.5) is 5.69 Å². The van der Waals surface area contributed by atoms with Crippen LogP contribution < -0.4 is 15.0 Å². The van der Waals surface area contributed by atoms with Crippen molar-refractivity contribution in [2.24, 2.45) is 0 Å². The Hall–Kier alpha value is -2.54. The number of fused-ring (bicyclic) bond motifs is 1. The number of para-hydroxylation sites is 2. The molecule has 2 aromatic rings. The minimum atomic E-state index is -0.0385. The summed E-state index contributed by atoms with van der Waals surface area (Å²) in [6, 6.07) is 10.2. The smallest absolute Gasteiger partial charge is 0.223 e. The summed E-state index contributed by atoms with van der Waals surface area (Å²) in [4.78, 5) is 30.6. The number of carbonyl (C=O) groups is 2. The Morgan fingerprint density at radius 2 is 2.07 bits per heavy atom. The number of piperidine rings is 1. The number of amides is 2. The van der Waals surface area contributed by atoms with Crippen molar-refractivity contribution in [2.75, 3.05) is 31.6 Å². The van der Waals surface area contributed by atoms with E-state index in [0.717, 1.165) is 50.3 Å². The molecular formula is C23H29N3O3S. The van der Waals surface area contributed by atoms with E-state index in [-0.39, 0.29) is 30.7 Å². The Morgan fingerprint density at radius 1 is 1.20 bits per heavy atom. The molecule has 4 rings (SSSR count). The lowest BCUT2D eigenvalue weighted by Crippen LogP contribution is -2.48. The topological polar surface area (TPSA) is 61.9 Å². The Morgan fingerprint density at radius 3 is 2.93 bits per heavy atom. The minimum absolute atomic E-state index is 0.0385. The molecule has 0 spiro atoms. The summed E-state index contributed by atoms with van der Waals surface area (Å²) in [7, 11) is 1.68. The normalized spacial score (nSPS) is 18.6. The van der Waals surface area contributed by atoms with Crippen molar-refractivity contribution >= 4 is 28.8 Å². The van der Waals surface area contributed by atoms with Gasteiger partial charge in [0.2, 0.25) is 11.8 Å². The van der Waals surface area contributed by atoms with E-state index in [1.807, 2.05) is 23.1 Å². The molecule has 1 fully saturated rings. The van der Waals surface area contributed by atoms with Gasteiger partial charge in [0.05, 0.1) is 12.8 Å². The molecule has 0 bridgehead atoms. The van der Waals surface area contributed by atoms with Gasteiger partial charge in [-0.1, -0.05) is 12.1 Å². The zero-order valence-corrected chi connectivity index (χ0v) is 18.2. The van der Waals surface area contributed by atoms with Gasteiger partial charge < -0.3 is 19.9 Å². The maximum atomic E-state index is 12.6. The molecule has 30 heavy (non-hydrogen) atoms. The van der Waals surface area contributed by atoms with E-state index in [9.17, 15) is 9.59 Å². The molecule has 1 unspecified atom stereocenters. The molecule has 6 nitrogen and oxygen atoms in total. The van der Waals surface area contributed by atoms with Gasteiger partial charge in [0.25, 0.3) is 0 Å². The van der Waals surface area contributed by atoms with Crippen LogP contribution in [0, 0.1) is 0 Å². The zero-order valence-electron chi connectivity index (χ0n) is 17.4. The van der Waals surface area contributed by atoms with E-state index in [1.165, 1.54) is 10.4 Å². The fraction of sp³-hybridized carbons (Fsp3) is 0.478. The molecule has 2 aliphatic heterocycles. The zero-order chi connectivity index (χ0) is 20.9. The summed E-state index contributed by atoms with van der Waals surface area (Å²) < 4.78 is 5.48. The number of hydrogen-bond donors (Lipinski definition) is 1. The lowest BCUT2D eigenvalue weighted by molar-refractivity contribution is -0.134. The van der Waals surface area contributed by atoms with Gasteiger partial charge in [-0.3, -0.25) is 9.59 Å². The predicted octanol–water partition coefficient (Wildman–Crippen LogP) is 3.21. The van der Waals surface area contributed by atoms with Gasteiger partial charge in [-0.2, -0.15) is 0 Å². The van der Waals surface area contributed by atoms with Crippen LogP contribution in [-0.4, -0.2) is 49.5 Å². The third-order valence-electron chi connectivity index (χ3n) is 5.94. The first-order chi connectivity index (χ1) is 14.6. The summed E-state index contributed by atoms with van der Waals surface area (Å²) in [6.45, 7) is 3.14. The molecule has 0 saturated carbocycles. The number of nitrogens with zero attached hydrogens (tertiary/aromatic N) is 2. The third-order valence-corrected chi connectivity index (χ3v) is 6.96. The van der Waals surface area contributed by atoms with Crippen molar-refractivity contribution in [3.63, 3.8) is 0 Å². The van der Waals surface area contributed by atoms with Crippen LogP contribution in [-0.2, 0) is 22.6 Å². The number of hydrogen-bond acceptors (Lipinski definition) is 5. The van der Waals surface area contributed by atoms with Crippen LogP contribution >= 0.6 is 11.3 Å². The standard InChI is InChI=1S/C23H29N3O3S/c1-29-20-7-3-2-6-19(20)25-12-4-5-18(16-25)24-22(27)8-9-23(28)26-13-10-21-17(15-26)11-14-30-21/h2-3,6-7,11,14,18H,4-5,8-10,12-13,15-16H2,1H3,(H,24,27). The summed E-state index contributed by atoms with van der Waals surface area (Å²) in [5, 5.41) is 5.22. The van der Waals surface area contributed by atoms with E-state index in [0.29, 0.717) is 6.54 Å². The predicted molar refractivity (Wildman–Crippen MR) is 119 cm³/mol. The minimum Gasteiger partial charge on any atom is -0.495 e. The highest BCUT2D eigenvalue weighted by Gasteiger charge is 2.25. The van der Waals surface area contributed by atoms with E-state index in [1.54, 1.807) is 18.4 Å². The van der Waals surface area contributed by atoms with Gasteiger partial charge >= 0.3 is 0 Å². The van der Waals surface area contributed by atoms with Gasteiger partial charge in [0, 0.05) is 49.9 Å². The van der Waals surface area contributed by atoms with Gasteiger partial charge in [-0.15, -0.1) is 11.3 Å². The quantitative estimate of drug-likeness (QED) is 0.769. The number of nitrogens with one attached hydrogen (secondary N) is 1. The van der Waals surface area contributed by atoms with Crippen LogP contribution in [0.3, 0.4) is 0 Å². The summed E-state index contributed by atoms with van der Waals surface area (Å²) in [6.07, 6.45) is 3.41. The third kappa shape index (κ3) is 4.78. The highest BCUT2D eigenvalue weighted by Crippen LogP contribution is 2.30. The summed E-state index contributed by atoms with van der Waals surface area (Å²) in [5.74, 6) is 0.884. The van der Waals surface area contributed by atoms with E-state index >= 15 is 0 Å². The van der Waals surface area contributed by atoms with Gasteiger partial charge in [-0.05, 0) is 48.4 Å². The molecule has 1 aromatic heterocycles. The van der Waals surface area contributed by atoms with Crippen molar-refractivity contribution in [1.29, 1.82) is 0 Å². The number of rotatable bonds is 6. The van der Waals surface area contributed by atoms with Crippen molar-refractivity contribution in [2.45, 2.75) is 44.7 Å². The van der Waals surface area contributed by atoms with E-state index in [2.05, 4.69) is 27.7 Å². The number of methoxy groups -OCH3 is 1. The van der Waals surface area contributed by atoms with E-state index < -0.39 is 0 Å². The average molecular weight is 428 g/mol. The van der Waals surface area contributed by atoms with Crippen LogP contribution in [0.5, 0.6) is 5.75 Å². The largest absolute Gasteiger partial charge is 0.495 e. The number of carbonyl (C=O) groups excluding carboxylic acids is 2. The summed E-state index contributed by atoms with van der Waals surface area (Å²) >= 11 is 1.76. The second kappa shape index (κ2) is 9.51. The summed E-state index contributed by atoms with van der Waals surface area (Å²) in [5.41, 5.74) is 2.31. The number of thiophene rings is 1. The highest BCUT2D eigenvalue weighted by atomic mass is 32.1. The van der Waals surface area contributed by atoms with Crippen molar-refractivity contribution < 1.29 is 14.3 Å². The molecule has 1 N–H and O–H groups in total. The Bertz CT molecular complexity index is 897. The Labute approximate surface area is 181 Å². The highest BCUT2D eigenvalue weighted by molar-refractivity contribution is 7.10. The van der Waals surface area contributed by atoms with Crippen molar-refractivity contribution in [3.05, 3.63) is 46.2 Å². The van der Waals surface area contributed by atoms with Crippen LogP contribution in [0.1, 0.15) is 36.1 Å². The monoisotopic (exact) mass is 427 g/mol. The molecular weight excluding hydrogens is 398 g/mol. The number of anilines is 1. The maximum absolute atomic E-state index is 12.6. The molecule has 1 aromatic carbocycles. The lowest BCUT2D eigenvalue weighted by Gasteiger charge is -2.35. The lowest BCUT2D eigenvalue weighted by atomic mass is 10.0. The molecule has 0 radical (unpaired) electrons. The molecule has 0 aliphatic carbocycles. The number of ether oxygens (including phenoxy) is 1. The van der Waals surface area contributed by atoms with Gasteiger partial charge in [0.1, 0.15) is 5.75 Å². The second-order valence-electron chi connectivity index (χ2n) is 7.96. The maximum Gasteiger partial charge on any atom is 0.223 e. The number of benzene rings is 1.